The highest BCUT2D eigenvalue weighted by molar-refractivity contribution is 6.68. The molecule has 122 valence electrons. The number of benzene rings is 1. The molecule has 0 aliphatic heterocycles. The summed E-state index contributed by atoms with van der Waals surface area (Å²) < 4.78 is -1.74. The van der Waals surface area contributed by atoms with E-state index in [-0.39, 0.29) is 5.69 Å². The average molecular weight is 373 g/mol. The van der Waals surface area contributed by atoms with E-state index in [1.165, 1.54) is 6.20 Å². The summed E-state index contributed by atoms with van der Waals surface area (Å²) in [7, 11) is 0. The van der Waals surface area contributed by atoms with Gasteiger partial charge in [0.05, 0.1) is 0 Å². The number of carbonyl (C=O) groups is 1. The van der Waals surface area contributed by atoms with Gasteiger partial charge >= 0.3 is 0 Å². The monoisotopic (exact) mass is 371 g/mol. The third-order valence-electron chi connectivity index (χ3n) is 3.19. The Bertz CT molecular complexity index is 687. The van der Waals surface area contributed by atoms with E-state index < -0.39 is 15.9 Å². The number of pyridine rings is 1. The Kier molecular flexibility index (Phi) is 5.74. The van der Waals surface area contributed by atoms with E-state index in [1.54, 1.807) is 18.2 Å². The number of rotatable bonds is 4. The standard InChI is InChI=1S/C16H16Cl3N3O/c1-10-6-7-11(2)13(9-10)21-15(16(17,18)19)22-14(23)12-5-3-4-8-20-12/h3-9,15,21H,1-2H3,(H,22,23)/t15-/m1/s1. The summed E-state index contributed by atoms with van der Waals surface area (Å²) in [6, 6.07) is 10.9. The van der Waals surface area contributed by atoms with Crippen molar-refractivity contribution in [2.24, 2.45) is 0 Å². The van der Waals surface area contributed by atoms with Gasteiger partial charge in [0.1, 0.15) is 11.9 Å². The summed E-state index contributed by atoms with van der Waals surface area (Å²) in [6.45, 7) is 3.89. The molecule has 4 nitrogen and oxygen atoms in total. The zero-order valence-electron chi connectivity index (χ0n) is 12.6. The Morgan fingerprint density at radius 2 is 1.91 bits per heavy atom. The van der Waals surface area contributed by atoms with Gasteiger partial charge in [-0.15, -0.1) is 0 Å². The number of carbonyl (C=O) groups excluding carboxylic acids is 1. The number of hydrogen-bond acceptors (Lipinski definition) is 3. The third-order valence-corrected chi connectivity index (χ3v) is 3.85. The molecule has 0 radical (unpaired) electrons. The van der Waals surface area contributed by atoms with Gasteiger partial charge in [0.2, 0.25) is 3.79 Å². The molecule has 0 bridgehead atoms. The fraction of sp³-hybridized carbons (Fsp3) is 0.250. The van der Waals surface area contributed by atoms with Gasteiger partial charge in [-0.25, -0.2) is 0 Å². The molecule has 23 heavy (non-hydrogen) atoms. The van der Waals surface area contributed by atoms with Crippen molar-refractivity contribution >= 4 is 46.4 Å². The second-order valence-electron chi connectivity index (χ2n) is 5.13. The lowest BCUT2D eigenvalue weighted by atomic mass is 10.1. The number of hydrogen-bond donors (Lipinski definition) is 2. The van der Waals surface area contributed by atoms with Gasteiger partial charge < -0.3 is 10.6 Å². The first-order valence-electron chi connectivity index (χ1n) is 6.90. The smallest absolute Gasteiger partial charge is 0.271 e. The summed E-state index contributed by atoms with van der Waals surface area (Å²) in [5.74, 6) is -0.431. The lowest BCUT2D eigenvalue weighted by Gasteiger charge is -2.28. The molecular formula is C16H16Cl3N3O. The maximum Gasteiger partial charge on any atom is 0.271 e. The molecule has 0 aliphatic rings. The van der Waals surface area contributed by atoms with Crippen molar-refractivity contribution in [3.8, 4) is 0 Å². The first-order chi connectivity index (χ1) is 10.8. The minimum absolute atomic E-state index is 0.245. The van der Waals surface area contributed by atoms with Crippen LogP contribution in [0, 0.1) is 13.8 Å². The van der Waals surface area contributed by atoms with Gasteiger partial charge in [-0.3, -0.25) is 9.78 Å². The zero-order chi connectivity index (χ0) is 17.0. The lowest BCUT2D eigenvalue weighted by Crippen LogP contribution is -2.49. The van der Waals surface area contributed by atoms with E-state index >= 15 is 0 Å². The number of nitrogens with zero attached hydrogens (tertiary/aromatic N) is 1. The second-order valence-corrected chi connectivity index (χ2v) is 7.49. The number of anilines is 1. The second kappa shape index (κ2) is 7.39. The van der Waals surface area contributed by atoms with Crippen molar-refractivity contribution in [1.29, 1.82) is 0 Å². The number of aryl methyl sites for hydroxylation is 2. The number of nitrogens with one attached hydrogen (secondary N) is 2. The number of amides is 1. The van der Waals surface area contributed by atoms with Crippen molar-refractivity contribution in [3.05, 3.63) is 59.4 Å². The summed E-state index contributed by atoms with van der Waals surface area (Å²) >= 11 is 18.0. The molecule has 1 aromatic carbocycles. The SMILES string of the molecule is Cc1ccc(C)c(N[C@H](NC(=O)c2ccccn2)C(Cl)(Cl)Cl)c1. The molecule has 0 fully saturated rings. The minimum atomic E-state index is -1.74. The summed E-state index contributed by atoms with van der Waals surface area (Å²) in [6.07, 6.45) is 0.611. The predicted molar refractivity (Wildman–Crippen MR) is 95.3 cm³/mol. The van der Waals surface area contributed by atoms with Crippen LogP contribution in [0.1, 0.15) is 21.6 Å². The van der Waals surface area contributed by atoms with Gasteiger partial charge in [-0.05, 0) is 43.2 Å². The molecule has 1 heterocycles. The Morgan fingerprint density at radius 3 is 2.52 bits per heavy atom. The molecule has 0 unspecified atom stereocenters. The van der Waals surface area contributed by atoms with Crippen molar-refractivity contribution in [1.82, 2.24) is 10.3 Å². The van der Waals surface area contributed by atoms with Crippen LogP contribution in [-0.4, -0.2) is 20.8 Å². The number of aromatic nitrogens is 1. The van der Waals surface area contributed by atoms with E-state index in [0.29, 0.717) is 0 Å². The molecule has 0 aliphatic carbocycles. The summed E-state index contributed by atoms with van der Waals surface area (Å²) in [5, 5.41) is 5.73. The van der Waals surface area contributed by atoms with Gasteiger partial charge in [0, 0.05) is 11.9 Å². The molecule has 1 aromatic heterocycles. The minimum Gasteiger partial charge on any atom is -0.362 e. The van der Waals surface area contributed by atoms with E-state index in [2.05, 4.69) is 15.6 Å². The van der Waals surface area contributed by atoms with E-state index in [9.17, 15) is 4.79 Å². The number of halogens is 3. The van der Waals surface area contributed by atoms with Crippen LogP contribution in [0.25, 0.3) is 0 Å². The van der Waals surface area contributed by atoms with E-state index in [1.807, 2.05) is 32.0 Å². The highest BCUT2D eigenvalue weighted by Gasteiger charge is 2.34. The van der Waals surface area contributed by atoms with Crippen molar-refractivity contribution in [3.63, 3.8) is 0 Å². The van der Waals surface area contributed by atoms with Crippen LogP contribution in [0.5, 0.6) is 0 Å². The van der Waals surface area contributed by atoms with Crippen molar-refractivity contribution in [2.75, 3.05) is 5.32 Å². The van der Waals surface area contributed by atoms with Crippen molar-refractivity contribution in [2.45, 2.75) is 23.8 Å². The average Bonchev–Trinajstić information content (AvgIpc) is 2.50. The van der Waals surface area contributed by atoms with Crippen LogP contribution in [0.3, 0.4) is 0 Å². The Morgan fingerprint density at radius 1 is 1.17 bits per heavy atom. The molecule has 7 heteroatoms. The van der Waals surface area contributed by atoms with Crippen molar-refractivity contribution < 1.29 is 4.79 Å². The normalized spacial score (nSPS) is 12.6. The first kappa shape index (κ1) is 17.9. The summed E-state index contributed by atoms with van der Waals surface area (Å²) in [5.41, 5.74) is 3.05. The topological polar surface area (TPSA) is 54.0 Å². The highest BCUT2D eigenvalue weighted by atomic mass is 35.6. The summed E-state index contributed by atoms with van der Waals surface area (Å²) in [4.78, 5) is 16.2. The molecule has 0 saturated carbocycles. The molecule has 0 saturated heterocycles. The van der Waals surface area contributed by atoms with Gasteiger partial charge in [0.15, 0.2) is 0 Å². The first-order valence-corrected chi connectivity index (χ1v) is 8.03. The Labute approximate surface area is 150 Å². The Hall–Kier alpha value is -1.49. The predicted octanol–water partition coefficient (Wildman–Crippen LogP) is 4.24. The fourth-order valence-electron chi connectivity index (χ4n) is 1.95. The highest BCUT2D eigenvalue weighted by Crippen LogP contribution is 2.32. The molecule has 2 N–H and O–H groups in total. The maximum atomic E-state index is 12.3. The molecule has 2 aromatic rings. The van der Waals surface area contributed by atoms with Gasteiger partial charge in [-0.1, -0.05) is 53.0 Å². The van der Waals surface area contributed by atoms with E-state index in [0.717, 1.165) is 16.8 Å². The number of alkyl halides is 3. The van der Waals surface area contributed by atoms with Crippen LogP contribution in [0.2, 0.25) is 0 Å². The largest absolute Gasteiger partial charge is 0.362 e. The molecule has 2 rings (SSSR count). The van der Waals surface area contributed by atoms with E-state index in [4.69, 9.17) is 34.8 Å². The van der Waals surface area contributed by atoms with Crippen LogP contribution < -0.4 is 10.6 Å². The molecule has 1 amide bonds. The molecule has 0 spiro atoms. The lowest BCUT2D eigenvalue weighted by molar-refractivity contribution is 0.0937. The molecule has 1 atom stereocenters. The zero-order valence-corrected chi connectivity index (χ0v) is 14.9. The van der Waals surface area contributed by atoms with Crippen LogP contribution in [0.4, 0.5) is 5.69 Å². The maximum absolute atomic E-state index is 12.3. The quantitative estimate of drug-likeness (QED) is 0.623. The van der Waals surface area contributed by atoms with Crippen LogP contribution >= 0.6 is 34.8 Å². The fourth-order valence-corrected chi connectivity index (χ4v) is 2.28. The van der Waals surface area contributed by atoms with Gasteiger partial charge in [-0.2, -0.15) is 0 Å². The van der Waals surface area contributed by atoms with Gasteiger partial charge in [0.25, 0.3) is 5.91 Å². The van der Waals surface area contributed by atoms with Crippen LogP contribution in [-0.2, 0) is 0 Å². The molecular weight excluding hydrogens is 357 g/mol. The Balaban J connectivity index is 2.21. The third kappa shape index (κ3) is 4.99. The van der Waals surface area contributed by atoms with Crippen LogP contribution in [0.15, 0.2) is 42.6 Å².